The van der Waals surface area contributed by atoms with Crippen molar-refractivity contribution in [2.24, 2.45) is 5.16 Å². The zero-order valence-electron chi connectivity index (χ0n) is 4.42. The van der Waals surface area contributed by atoms with Crippen molar-refractivity contribution >= 4 is 34.1 Å². The molecule has 34 valence electrons. The average molecular weight is 108 g/mol. The van der Waals surface area contributed by atoms with Crippen LogP contribution in [0, 0.1) is 8.58 Å². The van der Waals surface area contributed by atoms with E-state index < -0.39 is 0 Å². The van der Waals surface area contributed by atoms with E-state index in [1.165, 1.54) is 6.21 Å². The predicted octanol–water partition coefficient (Wildman–Crippen LogP) is 0.102. The molecule has 7 heavy (non-hydrogen) atoms. The monoisotopic (exact) mass is 108 g/mol. The molecule has 0 bridgehead atoms. The number of hydrogen-bond donors (Lipinski definition) is 1. The molecule has 0 fully saturated rings. The van der Waals surface area contributed by atoms with E-state index in [1.54, 1.807) is 6.92 Å². The van der Waals surface area contributed by atoms with Crippen LogP contribution in [0.25, 0.3) is 0 Å². The van der Waals surface area contributed by atoms with Crippen LogP contribution in [-0.2, 0) is 0 Å². The van der Waals surface area contributed by atoms with Gasteiger partial charge in [-0.15, -0.1) is 5.16 Å². The Kier molecular flexibility index (Phi) is 24.0. The van der Waals surface area contributed by atoms with E-state index in [4.69, 9.17) is 10.5 Å². The van der Waals surface area contributed by atoms with Gasteiger partial charge in [-0.1, -0.05) is 0 Å². The topological polar surface area (TPSA) is 56.4 Å². The van der Waals surface area contributed by atoms with Gasteiger partial charge in [0, 0.05) is 6.21 Å². The quantitative estimate of drug-likeness (QED) is 0.207. The Morgan fingerprint density at radius 1 is 2.00 bits per heavy atom. The Hall–Kier alpha value is -0.0400. The molecule has 0 aromatic rings. The van der Waals surface area contributed by atoms with Crippen LogP contribution < -0.4 is 0 Å². The Balaban J connectivity index is 0. The van der Waals surface area contributed by atoms with E-state index in [2.05, 4.69) is 5.16 Å². The van der Waals surface area contributed by atoms with Gasteiger partial charge in [0.2, 0.25) is 0 Å². The molecule has 0 aliphatic carbocycles. The van der Waals surface area contributed by atoms with Crippen molar-refractivity contribution in [2.45, 2.75) is 6.92 Å². The van der Waals surface area contributed by atoms with E-state index in [-0.39, 0.29) is 0 Å². The zero-order chi connectivity index (χ0) is 6.12. The first kappa shape index (κ1) is 10.0. The van der Waals surface area contributed by atoms with Crippen LogP contribution in [0.1, 0.15) is 6.92 Å². The number of rotatable bonds is 0. The summed E-state index contributed by atoms with van der Waals surface area (Å²) < 4.78 is 1.89. The maximum atomic E-state index is 7.44. The molecule has 0 radical (unpaired) electrons. The number of nitrogens with zero attached hydrogens (tertiary/aromatic N) is 2. The summed E-state index contributed by atoms with van der Waals surface area (Å²) in [6.07, 6.45) is 1.31. The summed E-state index contributed by atoms with van der Waals surface area (Å²) in [5.74, 6) is 0. The summed E-state index contributed by atoms with van der Waals surface area (Å²) in [5, 5.41) is 17.4. The van der Waals surface area contributed by atoms with E-state index in [9.17, 15) is 0 Å². The first-order valence-electron chi connectivity index (χ1n) is 1.76. The normalized spacial score (nSPS) is 6.57. The van der Waals surface area contributed by atoms with Crippen molar-refractivity contribution in [1.29, 1.82) is 5.26 Å². The molecule has 0 rings (SSSR count). The van der Waals surface area contributed by atoms with Crippen LogP contribution in [0.5, 0.6) is 0 Å². The van der Waals surface area contributed by atoms with E-state index in [0.717, 1.165) is 0 Å². The van der Waals surface area contributed by atoms with Gasteiger partial charge in [0.15, 0.2) is 0 Å². The molecule has 0 aliphatic rings. The SMILES string of the molecule is CC=NO.N#[C][Na]. The number of oxime groups is 1. The van der Waals surface area contributed by atoms with Crippen molar-refractivity contribution in [3.8, 4) is 3.32 Å². The second-order valence-corrected chi connectivity index (χ2v) is 1.04. The van der Waals surface area contributed by atoms with Gasteiger partial charge < -0.3 is 5.21 Å². The van der Waals surface area contributed by atoms with Gasteiger partial charge in [-0.05, 0) is 6.92 Å². The van der Waals surface area contributed by atoms with Crippen LogP contribution in [0.15, 0.2) is 5.16 Å². The summed E-state index contributed by atoms with van der Waals surface area (Å²) >= 11 is 0.674. The Bertz CT molecular complexity index is 71.5. The molecule has 0 amide bonds. The van der Waals surface area contributed by atoms with Crippen molar-refractivity contribution in [3.05, 3.63) is 0 Å². The van der Waals surface area contributed by atoms with Gasteiger partial charge in [0.1, 0.15) is 0 Å². The third-order valence-corrected chi connectivity index (χ3v) is 0.115. The molecule has 0 aromatic carbocycles. The first-order valence-corrected chi connectivity index (χ1v) is 2.76. The van der Waals surface area contributed by atoms with Crippen LogP contribution >= 0.6 is 0 Å². The van der Waals surface area contributed by atoms with Gasteiger partial charge in [0.25, 0.3) is 0 Å². The average Bonchev–Trinajstić information content (AvgIpc) is 1.69. The molecule has 3 nitrogen and oxygen atoms in total. The van der Waals surface area contributed by atoms with Gasteiger partial charge >= 0.3 is 36.5 Å². The molecule has 0 saturated carbocycles. The molecule has 0 saturated heterocycles. The summed E-state index contributed by atoms with van der Waals surface area (Å²) in [5.41, 5.74) is 0. The van der Waals surface area contributed by atoms with E-state index in [0.29, 0.717) is 27.9 Å². The molecule has 0 atom stereocenters. The molecule has 4 heteroatoms. The van der Waals surface area contributed by atoms with Gasteiger partial charge in [-0.3, -0.25) is 0 Å². The fourth-order valence-electron chi connectivity index (χ4n) is 0. The molecule has 0 aliphatic heterocycles. The molecular formula is C3H5N2NaO. The van der Waals surface area contributed by atoms with Crippen molar-refractivity contribution in [3.63, 3.8) is 0 Å². The summed E-state index contributed by atoms with van der Waals surface area (Å²) in [4.78, 5) is 0. The van der Waals surface area contributed by atoms with Crippen LogP contribution in [0.4, 0.5) is 0 Å². The Morgan fingerprint density at radius 3 is 2.14 bits per heavy atom. The first-order chi connectivity index (χ1) is 3.33. The predicted molar refractivity (Wildman–Crippen MR) is 27.3 cm³/mol. The second kappa shape index (κ2) is 16.7. The minimum atomic E-state index is 0.674. The molecule has 0 spiro atoms. The van der Waals surface area contributed by atoms with Crippen LogP contribution in [-0.4, -0.2) is 39.4 Å². The third kappa shape index (κ3) is 101. The van der Waals surface area contributed by atoms with Crippen molar-refractivity contribution in [1.82, 2.24) is 0 Å². The summed E-state index contributed by atoms with van der Waals surface area (Å²) in [6, 6.07) is 0. The minimum absolute atomic E-state index is 0.674. The third-order valence-electron chi connectivity index (χ3n) is 0.115. The van der Waals surface area contributed by atoms with Gasteiger partial charge in [0.05, 0.1) is 0 Å². The molecule has 0 unspecified atom stereocenters. The molecule has 0 heterocycles. The standard InChI is InChI=1S/C2H5NO.CN.Na/c1-2-3-4;1-2;/h2,4H,1H3;;. The van der Waals surface area contributed by atoms with Crippen molar-refractivity contribution < 1.29 is 5.21 Å². The maximum absolute atomic E-state index is 7.44. The Morgan fingerprint density at radius 2 is 2.14 bits per heavy atom. The van der Waals surface area contributed by atoms with E-state index in [1.807, 2.05) is 3.32 Å². The summed E-state index contributed by atoms with van der Waals surface area (Å²) in [7, 11) is 0. The second-order valence-electron chi connectivity index (χ2n) is 0.597. The number of nitriles is 1. The van der Waals surface area contributed by atoms with Crippen molar-refractivity contribution in [2.75, 3.05) is 0 Å². The Labute approximate surface area is 60.0 Å². The van der Waals surface area contributed by atoms with Crippen LogP contribution in [0.2, 0.25) is 0 Å². The zero-order valence-corrected chi connectivity index (χ0v) is 6.42. The number of hydrogen-bond acceptors (Lipinski definition) is 3. The molecule has 1 N–H and O–H groups in total. The fraction of sp³-hybridized carbons (Fsp3) is 0.333. The van der Waals surface area contributed by atoms with Gasteiger partial charge in [-0.2, -0.15) is 0 Å². The summed E-state index contributed by atoms with van der Waals surface area (Å²) in [6.45, 7) is 1.64. The van der Waals surface area contributed by atoms with E-state index >= 15 is 0 Å². The van der Waals surface area contributed by atoms with Crippen LogP contribution in [0.3, 0.4) is 0 Å². The molecule has 0 aromatic heterocycles. The molecular weight excluding hydrogens is 103 g/mol. The van der Waals surface area contributed by atoms with Gasteiger partial charge in [-0.25, -0.2) is 0 Å². The fourth-order valence-corrected chi connectivity index (χ4v) is 0.